The van der Waals surface area contributed by atoms with Crippen molar-refractivity contribution < 1.29 is 9.13 Å². The Morgan fingerprint density at radius 3 is 2.62 bits per heavy atom. The maximum Gasteiger partial charge on any atom is 0.165 e. The van der Waals surface area contributed by atoms with Gasteiger partial charge < -0.3 is 15.4 Å². The summed E-state index contributed by atoms with van der Waals surface area (Å²) in [6.07, 6.45) is 1.79. The highest BCUT2D eigenvalue weighted by atomic mass is 35.5. The van der Waals surface area contributed by atoms with Crippen LogP contribution >= 0.6 is 24.8 Å². The highest BCUT2D eigenvalue weighted by Crippen LogP contribution is 2.27. The van der Waals surface area contributed by atoms with Gasteiger partial charge in [0, 0.05) is 18.5 Å². The summed E-state index contributed by atoms with van der Waals surface area (Å²) in [5.74, 6) is 1.51. The van der Waals surface area contributed by atoms with E-state index in [1.807, 2.05) is 19.9 Å². The molecule has 1 unspecified atom stereocenters. The number of nitrogens with zero attached hydrogens (tertiary/aromatic N) is 2. The van der Waals surface area contributed by atoms with Crippen LogP contribution in [-0.2, 0) is 12.8 Å². The standard InChI is InChI=1S/C18H23FN4O.2ClH/c1-11(13-4-5-17(24-3)15(19)10-13)21-18-14-6-8-20-9-7-16(14)22-12(2)23-18;;/h4-5,10-11,20H,6-9H2,1-3H3,(H,21,22,23);2*1H. The fourth-order valence-corrected chi connectivity index (χ4v) is 3.03. The smallest absolute Gasteiger partial charge is 0.165 e. The first-order chi connectivity index (χ1) is 11.6. The number of anilines is 1. The Hall–Kier alpha value is -1.63. The molecule has 1 aromatic heterocycles. The van der Waals surface area contributed by atoms with Crippen molar-refractivity contribution in [1.29, 1.82) is 0 Å². The molecule has 0 fully saturated rings. The Kier molecular flexibility index (Phi) is 8.53. The zero-order valence-electron chi connectivity index (χ0n) is 15.1. The normalized spacial score (nSPS) is 14.2. The van der Waals surface area contributed by atoms with E-state index in [9.17, 15) is 4.39 Å². The molecule has 5 nitrogen and oxygen atoms in total. The SMILES string of the molecule is COc1ccc(C(C)Nc2nc(C)nc3c2CCNCC3)cc1F.Cl.Cl. The van der Waals surface area contributed by atoms with Crippen LogP contribution in [0.15, 0.2) is 18.2 Å². The van der Waals surface area contributed by atoms with Gasteiger partial charge in [-0.2, -0.15) is 0 Å². The Labute approximate surface area is 166 Å². The predicted octanol–water partition coefficient (Wildman–Crippen LogP) is 3.64. The van der Waals surface area contributed by atoms with Crippen LogP contribution in [0, 0.1) is 12.7 Å². The second-order valence-corrected chi connectivity index (χ2v) is 6.05. The molecule has 1 aliphatic rings. The van der Waals surface area contributed by atoms with Crippen molar-refractivity contribution in [1.82, 2.24) is 15.3 Å². The Bertz CT molecular complexity index is 745. The van der Waals surface area contributed by atoms with Crippen molar-refractivity contribution in [2.75, 3.05) is 25.5 Å². The van der Waals surface area contributed by atoms with Crippen LogP contribution in [0.4, 0.5) is 10.2 Å². The lowest BCUT2D eigenvalue weighted by atomic mass is 10.1. The summed E-state index contributed by atoms with van der Waals surface area (Å²) in [5, 5.41) is 6.82. The maximum absolute atomic E-state index is 14.0. The number of ether oxygens (including phenoxy) is 1. The highest BCUT2D eigenvalue weighted by molar-refractivity contribution is 5.85. The second-order valence-electron chi connectivity index (χ2n) is 6.05. The van der Waals surface area contributed by atoms with Gasteiger partial charge in [-0.25, -0.2) is 14.4 Å². The summed E-state index contributed by atoms with van der Waals surface area (Å²) >= 11 is 0. The minimum absolute atomic E-state index is 0. The zero-order valence-corrected chi connectivity index (χ0v) is 16.8. The van der Waals surface area contributed by atoms with E-state index in [-0.39, 0.29) is 42.4 Å². The molecule has 1 atom stereocenters. The van der Waals surface area contributed by atoms with Crippen molar-refractivity contribution >= 4 is 30.6 Å². The van der Waals surface area contributed by atoms with Gasteiger partial charge in [-0.15, -0.1) is 24.8 Å². The molecule has 2 aromatic rings. The van der Waals surface area contributed by atoms with E-state index in [0.29, 0.717) is 0 Å². The molecule has 0 bridgehead atoms. The first-order valence-corrected chi connectivity index (χ1v) is 8.25. The Morgan fingerprint density at radius 2 is 1.92 bits per heavy atom. The molecule has 0 aliphatic carbocycles. The molecule has 3 rings (SSSR count). The molecule has 1 aliphatic heterocycles. The van der Waals surface area contributed by atoms with E-state index in [4.69, 9.17) is 4.74 Å². The fraction of sp³-hybridized carbons (Fsp3) is 0.444. The van der Waals surface area contributed by atoms with Gasteiger partial charge in [0.15, 0.2) is 11.6 Å². The third-order valence-corrected chi connectivity index (χ3v) is 4.32. The minimum atomic E-state index is -0.356. The number of fused-ring (bicyclic) bond motifs is 1. The summed E-state index contributed by atoms with van der Waals surface area (Å²) in [6, 6.07) is 4.96. The lowest BCUT2D eigenvalue weighted by Crippen LogP contribution is -2.16. The molecule has 0 radical (unpaired) electrons. The van der Waals surface area contributed by atoms with Crippen LogP contribution in [0.25, 0.3) is 0 Å². The predicted molar refractivity (Wildman–Crippen MR) is 107 cm³/mol. The average molecular weight is 403 g/mol. The third-order valence-electron chi connectivity index (χ3n) is 4.32. The first kappa shape index (κ1) is 22.4. The summed E-state index contributed by atoms with van der Waals surface area (Å²) in [7, 11) is 1.47. The largest absolute Gasteiger partial charge is 0.494 e. The van der Waals surface area contributed by atoms with Crippen LogP contribution in [-0.4, -0.2) is 30.2 Å². The molecule has 0 saturated carbocycles. The molecule has 2 N–H and O–H groups in total. The fourth-order valence-electron chi connectivity index (χ4n) is 3.03. The summed E-state index contributed by atoms with van der Waals surface area (Å²) in [5.41, 5.74) is 3.11. The van der Waals surface area contributed by atoms with Crippen molar-refractivity contribution in [2.45, 2.75) is 32.7 Å². The molecule has 2 heterocycles. The molecule has 0 saturated heterocycles. The molecule has 26 heavy (non-hydrogen) atoms. The Balaban J connectivity index is 0.00000169. The van der Waals surface area contributed by atoms with E-state index in [2.05, 4.69) is 20.6 Å². The number of aryl methyl sites for hydroxylation is 1. The number of methoxy groups -OCH3 is 1. The van der Waals surface area contributed by atoms with Crippen LogP contribution < -0.4 is 15.4 Å². The lowest BCUT2D eigenvalue weighted by Gasteiger charge is -2.19. The number of rotatable bonds is 4. The monoisotopic (exact) mass is 402 g/mol. The molecule has 8 heteroatoms. The van der Waals surface area contributed by atoms with E-state index >= 15 is 0 Å². The van der Waals surface area contributed by atoms with Crippen molar-refractivity contribution in [3.05, 3.63) is 46.7 Å². The second kappa shape index (κ2) is 9.90. The first-order valence-electron chi connectivity index (χ1n) is 8.25. The van der Waals surface area contributed by atoms with Crippen molar-refractivity contribution in [3.8, 4) is 5.75 Å². The van der Waals surface area contributed by atoms with E-state index in [0.717, 1.165) is 54.4 Å². The van der Waals surface area contributed by atoms with Crippen LogP contribution in [0.5, 0.6) is 5.75 Å². The third kappa shape index (κ3) is 4.96. The summed E-state index contributed by atoms with van der Waals surface area (Å²) < 4.78 is 18.9. The molecule has 144 valence electrons. The van der Waals surface area contributed by atoms with Gasteiger partial charge >= 0.3 is 0 Å². The summed E-state index contributed by atoms with van der Waals surface area (Å²) in [4.78, 5) is 9.16. The van der Waals surface area contributed by atoms with Gasteiger partial charge in [0.2, 0.25) is 0 Å². The van der Waals surface area contributed by atoms with Crippen LogP contribution in [0.3, 0.4) is 0 Å². The molecule has 0 spiro atoms. The minimum Gasteiger partial charge on any atom is -0.494 e. The van der Waals surface area contributed by atoms with Gasteiger partial charge in [0.05, 0.1) is 18.8 Å². The molecular weight excluding hydrogens is 378 g/mol. The number of hydrogen-bond donors (Lipinski definition) is 2. The average Bonchev–Trinajstić information content (AvgIpc) is 2.80. The summed E-state index contributed by atoms with van der Waals surface area (Å²) in [6.45, 7) is 5.75. The highest BCUT2D eigenvalue weighted by Gasteiger charge is 2.18. The van der Waals surface area contributed by atoms with E-state index in [1.54, 1.807) is 6.07 Å². The Morgan fingerprint density at radius 1 is 1.19 bits per heavy atom. The number of benzene rings is 1. The number of aromatic nitrogens is 2. The van der Waals surface area contributed by atoms with Gasteiger partial charge in [-0.3, -0.25) is 0 Å². The van der Waals surface area contributed by atoms with Crippen LogP contribution in [0.1, 0.15) is 35.6 Å². The van der Waals surface area contributed by atoms with E-state index < -0.39 is 0 Å². The topological polar surface area (TPSA) is 59.1 Å². The lowest BCUT2D eigenvalue weighted by molar-refractivity contribution is 0.386. The van der Waals surface area contributed by atoms with Crippen LogP contribution in [0.2, 0.25) is 0 Å². The quantitative estimate of drug-likeness (QED) is 0.817. The zero-order chi connectivity index (χ0) is 17.1. The molecular formula is C18H25Cl2FN4O. The van der Waals surface area contributed by atoms with Gasteiger partial charge in [-0.1, -0.05) is 6.07 Å². The maximum atomic E-state index is 14.0. The molecule has 0 amide bonds. The van der Waals surface area contributed by atoms with Gasteiger partial charge in [0.1, 0.15) is 11.6 Å². The van der Waals surface area contributed by atoms with Gasteiger partial charge in [0.25, 0.3) is 0 Å². The number of nitrogens with one attached hydrogen (secondary N) is 2. The van der Waals surface area contributed by atoms with Crippen molar-refractivity contribution in [3.63, 3.8) is 0 Å². The van der Waals surface area contributed by atoms with E-state index in [1.165, 1.54) is 13.2 Å². The number of halogens is 3. The number of hydrogen-bond acceptors (Lipinski definition) is 5. The molecule has 1 aromatic carbocycles. The van der Waals surface area contributed by atoms with Gasteiger partial charge in [-0.05, 0) is 44.5 Å². The van der Waals surface area contributed by atoms with Crippen molar-refractivity contribution in [2.24, 2.45) is 0 Å².